The molecule has 1 amide bonds. The number of carbonyl (C=O) groups is 1. The lowest BCUT2D eigenvalue weighted by atomic mass is 9.96. The van der Waals surface area contributed by atoms with E-state index < -0.39 is 0 Å². The van der Waals surface area contributed by atoms with Crippen molar-refractivity contribution in [2.45, 2.75) is 12.6 Å². The number of amides is 1. The maximum absolute atomic E-state index is 13.3. The smallest absolute Gasteiger partial charge is 0.273 e. The Hall–Kier alpha value is -3.15. The van der Waals surface area contributed by atoms with Crippen LogP contribution < -0.4 is 0 Å². The van der Waals surface area contributed by atoms with E-state index in [-0.39, 0.29) is 11.9 Å². The number of hydrogen-bond acceptors (Lipinski definition) is 3. The minimum atomic E-state index is -0.323. The standard InChI is InChI=1S/C23H16Cl2N4O/c24-17-8-6-15(7-9-17)20-19-21(28-27-20)23(30)29(13-14-3-2-10-26-12-14)22(19)16-4-1-5-18(25)11-16/h1-12,22H,13H2,(H,27,28). The van der Waals surface area contributed by atoms with Gasteiger partial charge in [-0.25, -0.2) is 0 Å². The molecular formula is C23H16Cl2N4O. The predicted octanol–water partition coefficient (Wildman–Crippen LogP) is 5.52. The molecule has 5 nitrogen and oxygen atoms in total. The van der Waals surface area contributed by atoms with Crippen molar-refractivity contribution >= 4 is 29.1 Å². The van der Waals surface area contributed by atoms with Crippen molar-refractivity contribution in [1.82, 2.24) is 20.1 Å². The molecule has 5 rings (SSSR count). The summed E-state index contributed by atoms with van der Waals surface area (Å²) in [6, 6.07) is 18.5. The largest absolute Gasteiger partial charge is 0.322 e. The van der Waals surface area contributed by atoms with Gasteiger partial charge in [0.15, 0.2) is 0 Å². The van der Waals surface area contributed by atoms with Crippen LogP contribution in [0.2, 0.25) is 10.0 Å². The van der Waals surface area contributed by atoms with Crippen molar-refractivity contribution in [3.8, 4) is 11.3 Å². The summed E-state index contributed by atoms with van der Waals surface area (Å²) < 4.78 is 0. The molecule has 0 fully saturated rings. The first-order chi connectivity index (χ1) is 14.6. The van der Waals surface area contributed by atoms with Crippen LogP contribution in [0, 0.1) is 0 Å². The van der Waals surface area contributed by atoms with Crippen molar-refractivity contribution < 1.29 is 4.79 Å². The summed E-state index contributed by atoms with van der Waals surface area (Å²) in [6.45, 7) is 0.423. The van der Waals surface area contributed by atoms with Gasteiger partial charge in [-0.1, -0.05) is 53.5 Å². The Morgan fingerprint density at radius 1 is 1.00 bits per heavy atom. The number of pyridine rings is 1. The summed E-state index contributed by atoms with van der Waals surface area (Å²) in [5.41, 5.74) is 4.83. The summed E-state index contributed by atoms with van der Waals surface area (Å²) >= 11 is 12.3. The van der Waals surface area contributed by atoms with Gasteiger partial charge in [0.25, 0.3) is 5.91 Å². The third-order valence-electron chi connectivity index (χ3n) is 5.22. The number of nitrogens with one attached hydrogen (secondary N) is 1. The van der Waals surface area contributed by atoms with E-state index in [0.29, 0.717) is 22.3 Å². The highest BCUT2D eigenvalue weighted by molar-refractivity contribution is 6.31. The van der Waals surface area contributed by atoms with Gasteiger partial charge in [0.1, 0.15) is 5.69 Å². The fraction of sp³-hybridized carbons (Fsp3) is 0.0870. The van der Waals surface area contributed by atoms with E-state index in [4.69, 9.17) is 23.2 Å². The molecule has 0 aliphatic carbocycles. The van der Waals surface area contributed by atoms with Gasteiger partial charge in [-0.2, -0.15) is 5.10 Å². The van der Waals surface area contributed by atoms with Gasteiger partial charge >= 0.3 is 0 Å². The molecule has 2 aromatic heterocycles. The molecule has 4 aromatic rings. The number of carbonyl (C=O) groups excluding carboxylic acids is 1. The number of nitrogens with zero attached hydrogens (tertiary/aromatic N) is 3. The van der Waals surface area contributed by atoms with Crippen molar-refractivity contribution in [3.63, 3.8) is 0 Å². The molecule has 7 heteroatoms. The maximum Gasteiger partial charge on any atom is 0.273 e. The van der Waals surface area contributed by atoms with Crippen molar-refractivity contribution in [3.05, 3.63) is 105 Å². The first-order valence-electron chi connectivity index (χ1n) is 9.41. The third kappa shape index (κ3) is 3.26. The number of aromatic nitrogens is 3. The third-order valence-corrected chi connectivity index (χ3v) is 5.71. The zero-order valence-corrected chi connectivity index (χ0v) is 17.2. The second-order valence-electron chi connectivity index (χ2n) is 7.12. The second kappa shape index (κ2) is 7.59. The van der Waals surface area contributed by atoms with Crippen LogP contribution in [0.3, 0.4) is 0 Å². The van der Waals surface area contributed by atoms with Gasteiger partial charge in [-0.05, 0) is 41.5 Å². The van der Waals surface area contributed by atoms with Crippen LogP contribution in [0.25, 0.3) is 11.3 Å². The zero-order chi connectivity index (χ0) is 20.7. The number of aromatic amines is 1. The van der Waals surface area contributed by atoms with Crippen LogP contribution in [0.1, 0.15) is 33.2 Å². The molecule has 0 radical (unpaired) electrons. The van der Waals surface area contributed by atoms with E-state index in [1.807, 2.05) is 65.6 Å². The number of hydrogen-bond donors (Lipinski definition) is 1. The molecule has 0 saturated carbocycles. The van der Waals surface area contributed by atoms with Gasteiger partial charge < -0.3 is 4.90 Å². The molecule has 2 aromatic carbocycles. The molecule has 1 unspecified atom stereocenters. The number of halogens is 2. The monoisotopic (exact) mass is 434 g/mol. The summed E-state index contributed by atoms with van der Waals surface area (Å²) in [4.78, 5) is 19.4. The maximum atomic E-state index is 13.3. The summed E-state index contributed by atoms with van der Waals surface area (Å²) in [5, 5.41) is 8.69. The normalized spacial score (nSPS) is 15.5. The molecule has 1 aliphatic rings. The van der Waals surface area contributed by atoms with Crippen LogP contribution in [0.15, 0.2) is 73.1 Å². The molecule has 1 N–H and O–H groups in total. The molecule has 3 heterocycles. The van der Waals surface area contributed by atoms with Crippen LogP contribution in [-0.2, 0) is 6.54 Å². The Balaban J connectivity index is 1.66. The highest BCUT2D eigenvalue weighted by atomic mass is 35.5. The number of fused-ring (bicyclic) bond motifs is 1. The SMILES string of the molecule is O=C1c2[nH]nc(-c3ccc(Cl)cc3)c2C(c2cccc(Cl)c2)N1Cc1cccnc1. The zero-order valence-electron chi connectivity index (χ0n) is 15.7. The van der Waals surface area contributed by atoms with Gasteiger partial charge in [0, 0.05) is 40.1 Å². The molecule has 1 atom stereocenters. The minimum Gasteiger partial charge on any atom is -0.322 e. The fourth-order valence-corrected chi connectivity index (χ4v) is 4.22. The van der Waals surface area contributed by atoms with E-state index in [9.17, 15) is 4.79 Å². The lowest BCUT2D eigenvalue weighted by Crippen LogP contribution is -2.29. The number of rotatable bonds is 4. The molecule has 1 aliphatic heterocycles. The topological polar surface area (TPSA) is 61.9 Å². The Kier molecular flexibility index (Phi) is 4.77. The van der Waals surface area contributed by atoms with Gasteiger partial charge in [0.2, 0.25) is 0 Å². The molecule has 30 heavy (non-hydrogen) atoms. The van der Waals surface area contributed by atoms with Crippen LogP contribution in [0.4, 0.5) is 0 Å². The molecule has 0 saturated heterocycles. The summed E-state index contributed by atoms with van der Waals surface area (Å²) in [7, 11) is 0. The Morgan fingerprint density at radius 2 is 1.83 bits per heavy atom. The van der Waals surface area contributed by atoms with E-state index >= 15 is 0 Å². The number of H-pyrrole nitrogens is 1. The predicted molar refractivity (Wildman–Crippen MR) is 116 cm³/mol. The first kappa shape index (κ1) is 18.9. The van der Waals surface area contributed by atoms with Crippen LogP contribution in [0.5, 0.6) is 0 Å². The van der Waals surface area contributed by atoms with E-state index in [1.165, 1.54) is 0 Å². The van der Waals surface area contributed by atoms with Crippen molar-refractivity contribution in [2.24, 2.45) is 0 Å². The highest BCUT2D eigenvalue weighted by Gasteiger charge is 2.42. The van der Waals surface area contributed by atoms with Crippen molar-refractivity contribution in [1.29, 1.82) is 0 Å². The Morgan fingerprint density at radius 3 is 2.57 bits per heavy atom. The van der Waals surface area contributed by atoms with E-state index in [2.05, 4.69) is 15.2 Å². The van der Waals surface area contributed by atoms with Crippen molar-refractivity contribution in [2.75, 3.05) is 0 Å². The first-order valence-corrected chi connectivity index (χ1v) is 10.2. The molecule has 148 valence electrons. The minimum absolute atomic E-state index is 0.105. The lowest BCUT2D eigenvalue weighted by molar-refractivity contribution is 0.0730. The number of benzene rings is 2. The Labute approximate surface area is 183 Å². The molecule has 0 spiro atoms. The van der Waals surface area contributed by atoms with Crippen LogP contribution in [-0.4, -0.2) is 26.0 Å². The quantitative estimate of drug-likeness (QED) is 0.459. The second-order valence-corrected chi connectivity index (χ2v) is 7.99. The summed E-state index contributed by atoms with van der Waals surface area (Å²) in [5.74, 6) is -0.105. The molecular weight excluding hydrogens is 419 g/mol. The summed E-state index contributed by atoms with van der Waals surface area (Å²) in [6.07, 6.45) is 3.49. The Bertz CT molecular complexity index is 1220. The van der Waals surface area contributed by atoms with E-state index in [1.54, 1.807) is 12.4 Å². The van der Waals surface area contributed by atoms with Gasteiger partial charge in [-0.3, -0.25) is 14.9 Å². The van der Waals surface area contributed by atoms with Gasteiger partial charge in [-0.15, -0.1) is 0 Å². The average molecular weight is 435 g/mol. The van der Waals surface area contributed by atoms with E-state index in [0.717, 1.165) is 27.9 Å². The molecule has 0 bridgehead atoms. The van der Waals surface area contributed by atoms with Crippen LogP contribution >= 0.6 is 23.2 Å². The average Bonchev–Trinajstić information content (AvgIpc) is 3.29. The van der Waals surface area contributed by atoms with Gasteiger partial charge in [0.05, 0.1) is 11.7 Å². The lowest BCUT2D eigenvalue weighted by Gasteiger charge is -2.26. The highest BCUT2D eigenvalue weighted by Crippen LogP contribution is 2.43. The fourth-order valence-electron chi connectivity index (χ4n) is 3.90.